The summed E-state index contributed by atoms with van der Waals surface area (Å²) in [4.78, 5) is 17.3. The maximum absolute atomic E-state index is 14.5. The van der Waals surface area contributed by atoms with Crippen LogP contribution in [0.2, 0.25) is 0 Å². The van der Waals surface area contributed by atoms with Gasteiger partial charge in [-0.25, -0.2) is 13.8 Å². The Kier molecular flexibility index (Phi) is 6.17. The van der Waals surface area contributed by atoms with Gasteiger partial charge in [0.25, 0.3) is 0 Å². The van der Waals surface area contributed by atoms with E-state index in [-0.39, 0.29) is 24.1 Å². The van der Waals surface area contributed by atoms with Gasteiger partial charge in [0.15, 0.2) is 5.65 Å². The molecule has 0 spiro atoms. The van der Waals surface area contributed by atoms with Gasteiger partial charge in [-0.05, 0) is 56.3 Å². The van der Waals surface area contributed by atoms with Crippen LogP contribution in [-0.2, 0) is 11.3 Å². The Bertz CT molecular complexity index is 1550. The molecule has 3 aromatic carbocycles. The van der Waals surface area contributed by atoms with Crippen molar-refractivity contribution in [1.29, 1.82) is 0 Å². The summed E-state index contributed by atoms with van der Waals surface area (Å²) in [7, 11) is 0. The Balaban J connectivity index is 1.48. The second-order valence-electron chi connectivity index (χ2n) is 8.22. The molecule has 2 aromatic heterocycles. The summed E-state index contributed by atoms with van der Waals surface area (Å²) < 4.78 is 29.5. The number of aryl methyl sites for hydroxylation is 1. The molecule has 0 bridgehead atoms. The highest BCUT2D eigenvalue weighted by Crippen LogP contribution is 2.30. The minimum atomic E-state index is -0.536. The average molecular weight is 490 g/mol. The van der Waals surface area contributed by atoms with E-state index >= 15 is 0 Å². The Morgan fingerprint density at radius 3 is 2.60 bits per heavy atom. The Morgan fingerprint density at radius 2 is 1.83 bits per heavy atom. The lowest BCUT2D eigenvalue weighted by Crippen LogP contribution is -2.22. The molecule has 9 heteroatoms. The Hall–Kier alpha value is -3.85. The number of aromatic nitrogens is 4. The van der Waals surface area contributed by atoms with Gasteiger partial charge in [0, 0.05) is 16.6 Å². The summed E-state index contributed by atoms with van der Waals surface area (Å²) in [6.45, 7) is 4.00. The molecule has 1 atom stereocenters. The molecule has 5 aromatic rings. The molecule has 5 rings (SSSR count). The molecule has 0 saturated heterocycles. The van der Waals surface area contributed by atoms with E-state index in [9.17, 15) is 13.6 Å². The highest BCUT2D eigenvalue weighted by atomic mass is 32.2. The first kappa shape index (κ1) is 22.9. The molecule has 0 fully saturated rings. The van der Waals surface area contributed by atoms with Crippen LogP contribution in [0, 0.1) is 18.6 Å². The Morgan fingerprint density at radius 1 is 1.06 bits per heavy atom. The number of thioether (sulfide) groups is 1. The summed E-state index contributed by atoms with van der Waals surface area (Å²) in [6, 6.07) is 18.2. The van der Waals surface area contributed by atoms with E-state index < -0.39 is 5.25 Å². The van der Waals surface area contributed by atoms with Crippen molar-refractivity contribution in [3.63, 3.8) is 0 Å². The van der Waals surface area contributed by atoms with Crippen LogP contribution in [0.5, 0.6) is 0 Å². The highest BCUT2D eigenvalue weighted by molar-refractivity contribution is 8.00. The zero-order valence-corrected chi connectivity index (χ0v) is 19.8. The maximum Gasteiger partial charge on any atom is 0.237 e. The molecule has 0 aliphatic heterocycles. The smallest absolute Gasteiger partial charge is 0.237 e. The van der Waals surface area contributed by atoms with Crippen LogP contribution in [0.3, 0.4) is 0 Å². The number of hydrogen-bond donors (Lipinski definition) is 1. The number of amides is 1. The summed E-state index contributed by atoms with van der Waals surface area (Å²) in [6.07, 6.45) is 0. The predicted octanol–water partition coefficient (Wildman–Crippen LogP) is 5.73. The van der Waals surface area contributed by atoms with Gasteiger partial charge in [-0.1, -0.05) is 41.6 Å². The van der Waals surface area contributed by atoms with E-state index in [0.29, 0.717) is 27.6 Å². The van der Waals surface area contributed by atoms with Gasteiger partial charge >= 0.3 is 0 Å². The molecule has 0 aliphatic rings. The first-order chi connectivity index (χ1) is 16.9. The van der Waals surface area contributed by atoms with Crippen molar-refractivity contribution in [2.75, 3.05) is 5.32 Å². The van der Waals surface area contributed by atoms with E-state index in [0.717, 1.165) is 28.2 Å². The third kappa shape index (κ3) is 4.72. The second-order valence-corrected chi connectivity index (χ2v) is 9.53. The summed E-state index contributed by atoms with van der Waals surface area (Å²) >= 11 is 1.16. The summed E-state index contributed by atoms with van der Waals surface area (Å²) in [5.74, 6) is -0.940. The van der Waals surface area contributed by atoms with Gasteiger partial charge < -0.3 is 9.88 Å². The van der Waals surface area contributed by atoms with Crippen molar-refractivity contribution in [2.45, 2.75) is 30.8 Å². The normalized spacial score (nSPS) is 12.2. The standard InChI is InChI=1S/C26H21F2N5OS/c1-15-7-12-22-20(13-15)23-24(33(22)14-17-5-3-4-6-21(17)28)30-26(32-31-23)35-16(2)25(34)29-19-10-8-18(27)9-11-19/h3-13,16H,14H2,1-2H3,(H,29,34). The predicted molar refractivity (Wildman–Crippen MR) is 133 cm³/mol. The van der Waals surface area contributed by atoms with Crippen LogP contribution in [0.4, 0.5) is 14.5 Å². The number of benzene rings is 3. The van der Waals surface area contributed by atoms with Crippen molar-refractivity contribution in [2.24, 2.45) is 0 Å². The van der Waals surface area contributed by atoms with Crippen LogP contribution in [-0.4, -0.2) is 30.9 Å². The maximum atomic E-state index is 14.5. The fourth-order valence-electron chi connectivity index (χ4n) is 3.85. The molecule has 2 heterocycles. The molecule has 1 N–H and O–H groups in total. The van der Waals surface area contributed by atoms with Crippen molar-refractivity contribution in [1.82, 2.24) is 19.7 Å². The largest absolute Gasteiger partial charge is 0.325 e. The van der Waals surface area contributed by atoms with E-state index in [1.165, 1.54) is 30.3 Å². The zero-order valence-electron chi connectivity index (χ0n) is 19.0. The number of nitrogens with one attached hydrogen (secondary N) is 1. The quantitative estimate of drug-likeness (QED) is 0.308. The number of carbonyl (C=O) groups is 1. The number of rotatable bonds is 6. The summed E-state index contributed by atoms with van der Waals surface area (Å²) in [5, 5.41) is 12.1. The molecule has 6 nitrogen and oxygen atoms in total. The monoisotopic (exact) mass is 489 g/mol. The highest BCUT2D eigenvalue weighted by Gasteiger charge is 2.20. The number of halogens is 2. The van der Waals surface area contributed by atoms with E-state index in [2.05, 4.69) is 15.5 Å². The minimum absolute atomic E-state index is 0.271. The fourth-order valence-corrected chi connectivity index (χ4v) is 4.56. The molecular weight excluding hydrogens is 468 g/mol. The molecule has 176 valence electrons. The van der Waals surface area contributed by atoms with Crippen LogP contribution >= 0.6 is 11.8 Å². The SMILES string of the molecule is Cc1ccc2c(c1)c1nnc(SC(C)C(=O)Nc3ccc(F)cc3)nc1n2Cc1ccccc1F. The number of nitrogens with zero attached hydrogens (tertiary/aromatic N) is 4. The number of hydrogen-bond acceptors (Lipinski definition) is 5. The summed E-state index contributed by atoms with van der Waals surface area (Å²) in [5.41, 5.74) is 4.16. The zero-order chi connectivity index (χ0) is 24.5. The molecule has 1 amide bonds. The van der Waals surface area contributed by atoms with Crippen LogP contribution in [0.15, 0.2) is 71.9 Å². The third-order valence-corrected chi connectivity index (χ3v) is 6.60. The first-order valence-corrected chi connectivity index (χ1v) is 11.9. The first-order valence-electron chi connectivity index (χ1n) is 11.0. The fraction of sp³-hybridized carbons (Fsp3) is 0.154. The second kappa shape index (κ2) is 9.42. The Labute approximate surface area is 204 Å². The topological polar surface area (TPSA) is 72.7 Å². The van der Waals surface area contributed by atoms with Gasteiger partial charge in [-0.3, -0.25) is 4.79 Å². The number of fused-ring (bicyclic) bond motifs is 3. The van der Waals surface area contributed by atoms with E-state index in [4.69, 9.17) is 4.98 Å². The van der Waals surface area contributed by atoms with Crippen molar-refractivity contribution in [3.8, 4) is 0 Å². The van der Waals surface area contributed by atoms with E-state index in [1.54, 1.807) is 25.1 Å². The minimum Gasteiger partial charge on any atom is -0.325 e. The van der Waals surface area contributed by atoms with Crippen molar-refractivity contribution >= 4 is 45.4 Å². The lowest BCUT2D eigenvalue weighted by atomic mass is 10.1. The molecule has 0 radical (unpaired) electrons. The molecule has 0 saturated carbocycles. The van der Waals surface area contributed by atoms with E-state index in [1.807, 2.05) is 29.7 Å². The lowest BCUT2D eigenvalue weighted by molar-refractivity contribution is -0.115. The van der Waals surface area contributed by atoms with Crippen molar-refractivity contribution in [3.05, 3.63) is 89.5 Å². The third-order valence-electron chi connectivity index (χ3n) is 5.65. The number of anilines is 1. The van der Waals surface area contributed by atoms with Gasteiger partial charge in [-0.15, -0.1) is 10.2 Å². The lowest BCUT2D eigenvalue weighted by Gasteiger charge is -2.11. The molecule has 35 heavy (non-hydrogen) atoms. The van der Waals surface area contributed by atoms with Gasteiger partial charge in [0.05, 0.1) is 17.3 Å². The van der Waals surface area contributed by atoms with Gasteiger partial charge in [-0.2, -0.15) is 0 Å². The van der Waals surface area contributed by atoms with Gasteiger partial charge in [0.1, 0.15) is 17.2 Å². The average Bonchev–Trinajstić information content (AvgIpc) is 3.14. The molecular formula is C26H21F2N5OS. The van der Waals surface area contributed by atoms with Crippen LogP contribution in [0.25, 0.3) is 22.1 Å². The number of carbonyl (C=O) groups excluding carboxylic acids is 1. The molecule has 1 unspecified atom stereocenters. The van der Waals surface area contributed by atoms with Gasteiger partial charge in [0.2, 0.25) is 11.1 Å². The molecule has 0 aliphatic carbocycles. The van der Waals surface area contributed by atoms with Crippen molar-refractivity contribution < 1.29 is 13.6 Å². The van der Waals surface area contributed by atoms with Crippen LogP contribution in [0.1, 0.15) is 18.1 Å². The van der Waals surface area contributed by atoms with Crippen LogP contribution < -0.4 is 5.32 Å².